The predicted molar refractivity (Wildman–Crippen MR) is 80.1 cm³/mol. The summed E-state index contributed by atoms with van der Waals surface area (Å²) in [5, 5.41) is 3.70. The lowest BCUT2D eigenvalue weighted by molar-refractivity contribution is 0.0576. The van der Waals surface area contributed by atoms with Crippen LogP contribution >= 0.6 is 0 Å². The van der Waals surface area contributed by atoms with Crippen LogP contribution in [0.2, 0.25) is 0 Å². The zero-order valence-electron chi connectivity index (χ0n) is 12.0. The molecular weight excluding hydrogens is 232 g/mol. The molecule has 1 aromatic carbocycles. The van der Waals surface area contributed by atoms with Crippen molar-refractivity contribution in [1.29, 1.82) is 0 Å². The fourth-order valence-corrected chi connectivity index (χ4v) is 3.35. The highest BCUT2D eigenvalue weighted by atomic mass is 15.3. The highest BCUT2D eigenvalue weighted by Crippen LogP contribution is 2.32. The van der Waals surface area contributed by atoms with Crippen molar-refractivity contribution in [3.8, 4) is 0 Å². The maximum absolute atomic E-state index is 3.70. The number of nitrogens with zero attached hydrogens (tertiary/aromatic N) is 1. The van der Waals surface area contributed by atoms with Gasteiger partial charge in [-0.25, -0.2) is 0 Å². The van der Waals surface area contributed by atoms with Gasteiger partial charge in [0.15, 0.2) is 0 Å². The van der Waals surface area contributed by atoms with Crippen LogP contribution in [0.1, 0.15) is 38.3 Å². The second-order valence-corrected chi connectivity index (χ2v) is 6.46. The molecule has 0 radical (unpaired) electrons. The molecule has 0 amide bonds. The molecule has 1 atom stereocenters. The van der Waals surface area contributed by atoms with Crippen molar-refractivity contribution in [2.24, 2.45) is 0 Å². The first-order valence-electron chi connectivity index (χ1n) is 7.36. The van der Waals surface area contributed by atoms with Crippen molar-refractivity contribution in [2.45, 2.75) is 44.3 Å². The normalized spacial score (nSPS) is 27.8. The Morgan fingerprint density at radius 2 is 1.79 bits per heavy atom. The average Bonchev–Trinajstić information content (AvgIpc) is 2.92. The maximum atomic E-state index is 3.70. The average molecular weight is 256 g/mol. The van der Waals surface area contributed by atoms with Crippen LogP contribution in [0.5, 0.6) is 0 Å². The van der Waals surface area contributed by atoms with Crippen molar-refractivity contribution in [2.75, 3.05) is 13.1 Å². The standard InChI is InChI=1S/C17H24N2/c1-17(2)13-19(15-10-6-7-11-15)16(12-18-17)14-8-4-3-5-9-14/h3-9,15-16,18H,10-13H2,1-2H3. The summed E-state index contributed by atoms with van der Waals surface area (Å²) in [7, 11) is 0. The number of benzene rings is 1. The zero-order chi connectivity index (χ0) is 13.3. The van der Waals surface area contributed by atoms with Crippen LogP contribution in [0.4, 0.5) is 0 Å². The third kappa shape index (κ3) is 2.75. The second-order valence-electron chi connectivity index (χ2n) is 6.46. The summed E-state index contributed by atoms with van der Waals surface area (Å²) in [5.41, 5.74) is 1.66. The largest absolute Gasteiger partial charge is 0.309 e. The Morgan fingerprint density at radius 3 is 2.47 bits per heavy atom. The van der Waals surface area contributed by atoms with E-state index in [0.29, 0.717) is 12.1 Å². The van der Waals surface area contributed by atoms with E-state index in [9.17, 15) is 0 Å². The van der Waals surface area contributed by atoms with E-state index in [1.165, 1.54) is 18.4 Å². The minimum Gasteiger partial charge on any atom is -0.309 e. The summed E-state index contributed by atoms with van der Waals surface area (Å²) < 4.78 is 0. The van der Waals surface area contributed by atoms with E-state index in [0.717, 1.165) is 13.1 Å². The Hall–Kier alpha value is -1.12. The summed E-state index contributed by atoms with van der Waals surface area (Å²) >= 11 is 0. The number of hydrogen-bond acceptors (Lipinski definition) is 2. The number of hydrogen-bond donors (Lipinski definition) is 1. The molecule has 0 aromatic heterocycles. The smallest absolute Gasteiger partial charge is 0.0476 e. The first-order valence-corrected chi connectivity index (χ1v) is 7.36. The molecule has 1 unspecified atom stereocenters. The molecule has 1 N–H and O–H groups in total. The first-order chi connectivity index (χ1) is 9.16. The van der Waals surface area contributed by atoms with Gasteiger partial charge in [-0.1, -0.05) is 42.5 Å². The Bertz CT molecular complexity index is 442. The Kier molecular flexibility index (Phi) is 3.46. The summed E-state index contributed by atoms with van der Waals surface area (Å²) in [4.78, 5) is 2.71. The quantitative estimate of drug-likeness (QED) is 0.818. The summed E-state index contributed by atoms with van der Waals surface area (Å²) in [6, 6.07) is 12.1. The van der Waals surface area contributed by atoms with Gasteiger partial charge in [-0.3, -0.25) is 4.90 Å². The van der Waals surface area contributed by atoms with Crippen molar-refractivity contribution in [3.05, 3.63) is 48.0 Å². The maximum Gasteiger partial charge on any atom is 0.0476 e. The summed E-state index contributed by atoms with van der Waals surface area (Å²) in [6.07, 6.45) is 7.09. The summed E-state index contributed by atoms with van der Waals surface area (Å²) in [5.74, 6) is 0. The van der Waals surface area contributed by atoms with E-state index < -0.39 is 0 Å². The van der Waals surface area contributed by atoms with E-state index in [1.807, 2.05) is 0 Å². The molecule has 2 heteroatoms. The molecule has 19 heavy (non-hydrogen) atoms. The number of piperazine rings is 1. The molecule has 0 spiro atoms. The van der Waals surface area contributed by atoms with Gasteiger partial charge < -0.3 is 5.32 Å². The van der Waals surface area contributed by atoms with Crippen LogP contribution in [0.25, 0.3) is 0 Å². The molecule has 1 fully saturated rings. The van der Waals surface area contributed by atoms with Gasteiger partial charge in [-0.05, 0) is 32.3 Å². The van der Waals surface area contributed by atoms with Gasteiger partial charge in [0, 0.05) is 30.7 Å². The van der Waals surface area contributed by atoms with Crippen LogP contribution in [0.15, 0.2) is 42.5 Å². The molecule has 1 aromatic rings. The minimum atomic E-state index is 0.216. The molecule has 1 saturated heterocycles. The fraction of sp³-hybridized carbons (Fsp3) is 0.529. The van der Waals surface area contributed by atoms with Gasteiger partial charge in [-0.2, -0.15) is 0 Å². The lowest BCUT2D eigenvalue weighted by Gasteiger charge is -2.47. The zero-order valence-corrected chi connectivity index (χ0v) is 12.0. The van der Waals surface area contributed by atoms with E-state index >= 15 is 0 Å². The van der Waals surface area contributed by atoms with E-state index in [1.54, 1.807) is 0 Å². The second kappa shape index (κ2) is 5.10. The minimum absolute atomic E-state index is 0.216. The molecule has 2 nitrogen and oxygen atoms in total. The Morgan fingerprint density at radius 1 is 1.11 bits per heavy atom. The predicted octanol–water partition coefficient (Wildman–Crippen LogP) is 3.13. The monoisotopic (exact) mass is 256 g/mol. The van der Waals surface area contributed by atoms with Gasteiger partial charge in [0.25, 0.3) is 0 Å². The van der Waals surface area contributed by atoms with E-state index in [4.69, 9.17) is 0 Å². The SMILES string of the molecule is CC1(C)CN(C2CC=CC2)C(c2ccccc2)CN1. The topological polar surface area (TPSA) is 15.3 Å². The van der Waals surface area contributed by atoms with Crippen molar-refractivity contribution < 1.29 is 0 Å². The fourth-order valence-electron chi connectivity index (χ4n) is 3.35. The molecule has 1 aliphatic carbocycles. The van der Waals surface area contributed by atoms with Gasteiger partial charge in [0.05, 0.1) is 0 Å². The molecule has 102 valence electrons. The molecule has 2 aliphatic rings. The van der Waals surface area contributed by atoms with Gasteiger partial charge in [0.1, 0.15) is 0 Å². The van der Waals surface area contributed by atoms with Crippen molar-refractivity contribution in [1.82, 2.24) is 10.2 Å². The number of nitrogens with one attached hydrogen (secondary N) is 1. The lowest BCUT2D eigenvalue weighted by Crippen LogP contribution is -2.60. The number of rotatable bonds is 2. The molecule has 1 aliphatic heterocycles. The molecule has 0 bridgehead atoms. The van der Waals surface area contributed by atoms with Crippen LogP contribution in [-0.4, -0.2) is 29.6 Å². The first kappa shape index (κ1) is 12.9. The molecular formula is C17H24N2. The van der Waals surface area contributed by atoms with Crippen molar-refractivity contribution >= 4 is 0 Å². The van der Waals surface area contributed by atoms with E-state index in [2.05, 4.69) is 66.5 Å². The third-order valence-corrected chi connectivity index (χ3v) is 4.39. The highest BCUT2D eigenvalue weighted by Gasteiger charge is 2.36. The van der Waals surface area contributed by atoms with Gasteiger partial charge in [0.2, 0.25) is 0 Å². The Balaban J connectivity index is 1.84. The molecule has 1 heterocycles. The van der Waals surface area contributed by atoms with Crippen LogP contribution in [-0.2, 0) is 0 Å². The Labute approximate surface area is 116 Å². The lowest BCUT2D eigenvalue weighted by atomic mass is 9.92. The van der Waals surface area contributed by atoms with Gasteiger partial charge in [-0.15, -0.1) is 0 Å². The molecule has 0 saturated carbocycles. The van der Waals surface area contributed by atoms with Crippen LogP contribution < -0.4 is 5.32 Å². The summed E-state index contributed by atoms with van der Waals surface area (Å²) in [6.45, 7) is 6.79. The third-order valence-electron chi connectivity index (χ3n) is 4.39. The van der Waals surface area contributed by atoms with Crippen molar-refractivity contribution in [3.63, 3.8) is 0 Å². The van der Waals surface area contributed by atoms with Crippen LogP contribution in [0.3, 0.4) is 0 Å². The van der Waals surface area contributed by atoms with E-state index in [-0.39, 0.29) is 5.54 Å². The van der Waals surface area contributed by atoms with Gasteiger partial charge >= 0.3 is 0 Å². The highest BCUT2D eigenvalue weighted by molar-refractivity contribution is 5.21. The van der Waals surface area contributed by atoms with Crippen LogP contribution in [0, 0.1) is 0 Å². The molecule has 3 rings (SSSR count).